The molecule has 1 aliphatic rings. The third-order valence-electron chi connectivity index (χ3n) is 5.62. The van der Waals surface area contributed by atoms with Crippen molar-refractivity contribution >= 4 is 29.3 Å². The van der Waals surface area contributed by atoms with Crippen LogP contribution >= 0.6 is 12.2 Å². The number of likely N-dealkylation sites (N-methyl/N-ethyl adjacent to an activating group) is 1. The summed E-state index contributed by atoms with van der Waals surface area (Å²) in [6.45, 7) is 1.42. The Balaban J connectivity index is 1.75. The molecule has 1 fully saturated rings. The number of carboxylic acids is 2. The summed E-state index contributed by atoms with van der Waals surface area (Å²) in [5.41, 5.74) is 0.915. The second-order valence-corrected chi connectivity index (χ2v) is 8.62. The van der Waals surface area contributed by atoms with Crippen molar-refractivity contribution in [2.24, 2.45) is 0 Å². The number of hydrogen-bond donors (Lipinski definition) is 3. The fourth-order valence-electron chi connectivity index (χ4n) is 3.95. The van der Waals surface area contributed by atoms with E-state index in [-0.39, 0.29) is 23.2 Å². The smallest absolute Gasteiger partial charge is 0.335 e. The molecule has 1 aliphatic heterocycles. The molecule has 176 valence electrons. The number of aromatic nitrogens is 1. The molecule has 0 bridgehead atoms. The molecule has 0 spiro atoms. The Labute approximate surface area is 201 Å². The van der Waals surface area contributed by atoms with Gasteiger partial charge in [-0.25, -0.2) is 9.59 Å². The van der Waals surface area contributed by atoms with Crippen molar-refractivity contribution in [1.82, 2.24) is 20.1 Å². The number of furan rings is 1. The van der Waals surface area contributed by atoms with Gasteiger partial charge in [-0.3, -0.25) is 4.98 Å². The first-order chi connectivity index (χ1) is 16.2. The maximum Gasteiger partial charge on any atom is 0.335 e. The van der Waals surface area contributed by atoms with Crippen LogP contribution in [0.5, 0.6) is 0 Å². The van der Waals surface area contributed by atoms with Gasteiger partial charge in [-0.05, 0) is 68.8 Å². The molecule has 2 aromatic heterocycles. The summed E-state index contributed by atoms with van der Waals surface area (Å²) in [6.07, 6.45) is 1.72. The summed E-state index contributed by atoms with van der Waals surface area (Å²) in [4.78, 5) is 31.6. The van der Waals surface area contributed by atoms with E-state index in [1.165, 1.54) is 12.1 Å². The number of carbonyl (C=O) groups is 2. The average molecular weight is 481 g/mol. The van der Waals surface area contributed by atoms with E-state index in [1.807, 2.05) is 43.3 Å². The van der Waals surface area contributed by atoms with Crippen molar-refractivity contribution in [3.8, 4) is 11.3 Å². The highest BCUT2D eigenvalue weighted by Crippen LogP contribution is 2.40. The van der Waals surface area contributed by atoms with E-state index in [9.17, 15) is 19.8 Å². The summed E-state index contributed by atoms with van der Waals surface area (Å²) >= 11 is 5.63. The number of pyridine rings is 1. The van der Waals surface area contributed by atoms with Gasteiger partial charge in [-0.1, -0.05) is 6.07 Å². The Morgan fingerprint density at radius 3 is 2.41 bits per heavy atom. The largest absolute Gasteiger partial charge is 0.478 e. The third kappa shape index (κ3) is 4.78. The standard InChI is InChI=1S/C24H24N4O5S/c1-27(2)9-10-28-21(20(26-24(28)34)17-5-3-4-8-25-17)19-7-6-18(33-19)14-11-15(22(29)30)13-16(12-14)23(31)32/h3-8,11-13,20-21H,9-10H2,1-2H3,(H,26,34)(H,29,30)(H,31,32)/t20-,21+/m1/s1. The number of benzene rings is 1. The van der Waals surface area contributed by atoms with Crippen molar-refractivity contribution in [2.75, 3.05) is 27.2 Å². The summed E-state index contributed by atoms with van der Waals surface area (Å²) < 4.78 is 6.19. The number of thiocarbonyl (C=S) groups is 1. The summed E-state index contributed by atoms with van der Waals surface area (Å²) in [5.74, 6) is -1.46. The van der Waals surface area contributed by atoms with Crippen LogP contribution in [0.4, 0.5) is 0 Å². The van der Waals surface area contributed by atoms with Gasteiger partial charge in [0.1, 0.15) is 17.6 Å². The van der Waals surface area contributed by atoms with Crippen LogP contribution in [-0.2, 0) is 0 Å². The molecule has 1 aromatic carbocycles. The van der Waals surface area contributed by atoms with Crippen LogP contribution < -0.4 is 5.32 Å². The lowest BCUT2D eigenvalue weighted by molar-refractivity contribution is 0.0696. The van der Waals surface area contributed by atoms with Gasteiger partial charge < -0.3 is 29.7 Å². The van der Waals surface area contributed by atoms with Crippen LogP contribution in [0, 0.1) is 0 Å². The number of nitrogens with zero attached hydrogens (tertiary/aromatic N) is 3. The lowest BCUT2D eigenvalue weighted by atomic mass is 10.0. The van der Waals surface area contributed by atoms with Gasteiger partial charge in [0.15, 0.2) is 5.11 Å². The van der Waals surface area contributed by atoms with E-state index in [4.69, 9.17) is 16.6 Å². The first-order valence-corrected chi connectivity index (χ1v) is 11.0. The zero-order chi connectivity index (χ0) is 24.4. The number of carboxylic acid groups (broad SMARTS) is 2. The highest BCUT2D eigenvalue weighted by atomic mass is 32.1. The van der Waals surface area contributed by atoms with Gasteiger partial charge in [-0.2, -0.15) is 0 Å². The Morgan fingerprint density at radius 2 is 1.82 bits per heavy atom. The van der Waals surface area contributed by atoms with Crippen molar-refractivity contribution in [3.63, 3.8) is 0 Å². The molecule has 2 atom stereocenters. The normalized spacial score (nSPS) is 17.7. The quantitative estimate of drug-likeness (QED) is 0.415. The van der Waals surface area contributed by atoms with E-state index in [0.29, 0.717) is 28.7 Å². The van der Waals surface area contributed by atoms with E-state index < -0.39 is 11.9 Å². The molecule has 0 unspecified atom stereocenters. The molecule has 3 heterocycles. The summed E-state index contributed by atoms with van der Waals surface area (Å²) in [5, 5.41) is 22.7. The molecule has 0 aliphatic carbocycles. The number of nitrogens with one attached hydrogen (secondary N) is 1. The van der Waals surface area contributed by atoms with Crippen LogP contribution in [-0.4, -0.2) is 69.2 Å². The van der Waals surface area contributed by atoms with Crippen molar-refractivity contribution in [1.29, 1.82) is 0 Å². The zero-order valence-corrected chi connectivity index (χ0v) is 19.5. The van der Waals surface area contributed by atoms with Gasteiger partial charge in [0.2, 0.25) is 0 Å². The first kappa shape index (κ1) is 23.4. The molecule has 0 radical (unpaired) electrons. The van der Waals surface area contributed by atoms with Gasteiger partial charge >= 0.3 is 11.9 Å². The highest BCUT2D eigenvalue weighted by Gasteiger charge is 2.41. The predicted octanol–water partition coefficient (Wildman–Crippen LogP) is 3.27. The summed E-state index contributed by atoms with van der Waals surface area (Å²) in [7, 11) is 3.97. The molecule has 1 saturated heterocycles. The van der Waals surface area contributed by atoms with E-state index in [2.05, 4.69) is 15.2 Å². The molecule has 34 heavy (non-hydrogen) atoms. The minimum Gasteiger partial charge on any atom is -0.478 e. The third-order valence-corrected chi connectivity index (χ3v) is 5.97. The fraction of sp³-hybridized carbons (Fsp3) is 0.250. The van der Waals surface area contributed by atoms with Gasteiger partial charge in [0.25, 0.3) is 0 Å². The molecule has 4 rings (SSSR count). The molecular weight excluding hydrogens is 456 g/mol. The Kier molecular flexibility index (Phi) is 6.62. The minimum atomic E-state index is -1.22. The van der Waals surface area contributed by atoms with Crippen LogP contribution in [0.15, 0.2) is 59.1 Å². The van der Waals surface area contributed by atoms with Gasteiger partial charge in [-0.15, -0.1) is 0 Å². The van der Waals surface area contributed by atoms with Crippen LogP contribution in [0.3, 0.4) is 0 Å². The first-order valence-electron chi connectivity index (χ1n) is 10.6. The number of hydrogen-bond acceptors (Lipinski definition) is 6. The molecule has 9 nitrogen and oxygen atoms in total. The lowest BCUT2D eigenvalue weighted by Crippen LogP contribution is -2.35. The van der Waals surface area contributed by atoms with E-state index in [1.54, 1.807) is 12.3 Å². The van der Waals surface area contributed by atoms with Crippen LogP contribution in [0.1, 0.15) is 44.3 Å². The minimum absolute atomic E-state index is 0.129. The zero-order valence-electron chi connectivity index (χ0n) is 18.6. The lowest BCUT2D eigenvalue weighted by Gasteiger charge is -2.27. The Bertz CT molecular complexity index is 1190. The molecule has 3 N–H and O–H groups in total. The van der Waals surface area contributed by atoms with Gasteiger partial charge in [0, 0.05) is 24.8 Å². The second-order valence-electron chi connectivity index (χ2n) is 8.23. The van der Waals surface area contributed by atoms with Crippen molar-refractivity contribution < 1.29 is 24.2 Å². The van der Waals surface area contributed by atoms with Crippen LogP contribution in [0.2, 0.25) is 0 Å². The predicted molar refractivity (Wildman–Crippen MR) is 129 cm³/mol. The number of rotatable bonds is 8. The maximum atomic E-state index is 11.5. The SMILES string of the molecule is CN(C)CCN1C(=S)N[C@H](c2ccccn2)[C@@H]1c1ccc(-c2cc(C(=O)O)cc(C(=O)O)c2)o1. The van der Waals surface area contributed by atoms with Crippen molar-refractivity contribution in [3.05, 3.63) is 77.3 Å². The molecule has 10 heteroatoms. The van der Waals surface area contributed by atoms with Crippen molar-refractivity contribution in [2.45, 2.75) is 12.1 Å². The maximum absolute atomic E-state index is 11.5. The topological polar surface area (TPSA) is 119 Å². The molecular formula is C24H24N4O5S. The molecule has 0 saturated carbocycles. The van der Waals surface area contributed by atoms with Crippen LogP contribution in [0.25, 0.3) is 11.3 Å². The molecule has 3 aromatic rings. The average Bonchev–Trinajstić information content (AvgIpc) is 3.42. The Hall–Kier alpha value is -3.76. The second kappa shape index (κ2) is 9.62. The number of aromatic carboxylic acids is 2. The van der Waals surface area contributed by atoms with E-state index >= 15 is 0 Å². The fourth-order valence-corrected chi connectivity index (χ4v) is 4.28. The van der Waals surface area contributed by atoms with Gasteiger partial charge in [0.05, 0.1) is 22.9 Å². The highest BCUT2D eigenvalue weighted by molar-refractivity contribution is 7.80. The Morgan fingerprint density at radius 1 is 1.12 bits per heavy atom. The van der Waals surface area contributed by atoms with E-state index in [0.717, 1.165) is 18.3 Å². The molecule has 0 amide bonds. The monoisotopic (exact) mass is 480 g/mol. The summed E-state index contributed by atoms with van der Waals surface area (Å²) in [6, 6.07) is 12.6.